The topological polar surface area (TPSA) is 87.9 Å². The molecule has 0 amide bonds. The summed E-state index contributed by atoms with van der Waals surface area (Å²) in [7, 11) is 5.23. The minimum Gasteiger partial charge on any atom is -0.366 e. The average Bonchev–Trinajstić information content (AvgIpc) is 3.90. The summed E-state index contributed by atoms with van der Waals surface area (Å²) in [6.45, 7) is 1.55. The van der Waals surface area contributed by atoms with Crippen molar-refractivity contribution in [3.05, 3.63) is 58.5 Å². The van der Waals surface area contributed by atoms with E-state index in [4.69, 9.17) is 4.98 Å². The maximum Gasteiger partial charge on any atom is 0.416 e. The van der Waals surface area contributed by atoms with Gasteiger partial charge in [-0.15, -0.1) is 0 Å². The fourth-order valence-electron chi connectivity index (χ4n) is 5.70. The number of pyridine rings is 1. The van der Waals surface area contributed by atoms with Gasteiger partial charge in [0.25, 0.3) is 0 Å². The van der Waals surface area contributed by atoms with Crippen LogP contribution in [0.1, 0.15) is 53.6 Å². The molecule has 1 aromatic carbocycles. The number of nitrogens with one attached hydrogen (secondary N) is 1. The molecule has 15 heteroatoms. The van der Waals surface area contributed by atoms with Crippen LogP contribution in [-0.4, -0.2) is 49.9 Å². The lowest BCUT2D eigenvalue weighted by molar-refractivity contribution is -0.143. The molecule has 2 saturated carbocycles. The molecule has 4 aromatic rings. The number of fused-ring (bicyclic) bond motifs is 1. The Bertz CT molecular complexity index is 1660. The highest BCUT2D eigenvalue weighted by atomic mass is 19.4. The van der Waals surface area contributed by atoms with Gasteiger partial charge in [-0.3, -0.25) is 4.68 Å². The standard InChI is InChI=1S/C30H33F6N9/c1-16-23-11-20(25(40-26(23)44(4)42-16)39-24(18-5-6-18)19-7-8-19)14-45(28-38-15-37-27(41-28)43(2)3)13-17-9-21(29(31,32)33)12-22(10-17)30(34,35)36/h9-12,15,18-19,24H,5-8,13-14H2,1-4H3,(H,39,40). The Morgan fingerprint density at radius 2 is 1.47 bits per heavy atom. The van der Waals surface area contributed by atoms with Gasteiger partial charge in [-0.1, -0.05) is 0 Å². The third kappa shape index (κ3) is 6.76. The maximum atomic E-state index is 13.7. The van der Waals surface area contributed by atoms with Crippen molar-refractivity contribution >= 4 is 28.7 Å². The number of benzene rings is 1. The van der Waals surface area contributed by atoms with Crippen molar-refractivity contribution in [2.24, 2.45) is 18.9 Å². The highest BCUT2D eigenvalue weighted by molar-refractivity contribution is 5.81. The highest BCUT2D eigenvalue weighted by Gasteiger charge is 2.42. The zero-order valence-electron chi connectivity index (χ0n) is 25.2. The van der Waals surface area contributed by atoms with Crippen LogP contribution < -0.4 is 15.1 Å². The van der Waals surface area contributed by atoms with Crippen LogP contribution in [0.25, 0.3) is 11.0 Å². The van der Waals surface area contributed by atoms with E-state index in [1.807, 2.05) is 13.0 Å². The Morgan fingerprint density at radius 3 is 2.02 bits per heavy atom. The molecular weight excluding hydrogens is 600 g/mol. The van der Waals surface area contributed by atoms with Gasteiger partial charge in [0.1, 0.15) is 12.1 Å². The van der Waals surface area contributed by atoms with Crippen molar-refractivity contribution in [2.75, 3.05) is 29.2 Å². The number of rotatable bonds is 10. The number of aromatic nitrogens is 6. The number of hydrogen-bond acceptors (Lipinski definition) is 8. The van der Waals surface area contributed by atoms with E-state index < -0.39 is 23.5 Å². The molecule has 0 atom stereocenters. The van der Waals surface area contributed by atoms with Gasteiger partial charge in [-0.25, -0.2) is 15.0 Å². The minimum absolute atomic E-state index is 0.0378. The van der Waals surface area contributed by atoms with Crippen LogP contribution in [0, 0.1) is 18.8 Å². The first-order valence-corrected chi connectivity index (χ1v) is 14.7. The smallest absolute Gasteiger partial charge is 0.366 e. The lowest BCUT2D eigenvalue weighted by atomic mass is 10.0. The van der Waals surface area contributed by atoms with Gasteiger partial charge in [-0.2, -0.15) is 36.4 Å². The summed E-state index contributed by atoms with van der Waals surface area (Å²) in [6, 6.07) is 3.75. The molecule has 3 aromatic heterocycles. The van der Waals surface area contributed by atoms with Gasteiger partial charge < -0.3 is 15.1 Å². The molecule has 0 aliphatic heterocycles. The second-order valence-electron chi connectivity index (χ2n) is 12.2. The average molecular weight is 634 g/mol. The van der Waals surface area contributed by atoms with E-state index in [0.717, 1.165) is 48.9 Å². The van der Waals surface area contributed by atoms with Crippen molar-refractivity contribution in [1.82, 2.24) is 29.7 Å². The highest BCUT2D eigenvalue weighted by Crippen LogP contribution is 2.46. The van der Waals surface area contributed by atoms with Gasteiger partial charge in [0.2, 0.25) is 11.9 Å². The Kier molecular flexibility index (Phi) is 7.76. The van der Waals surface area contributed by atoms with Crippen LogP contribution in [0.15, 0.2) is 30.6 Å². The monoisotopic (exact) mass is 633 g/mol. The summed E-state index contributed by atoms with van der Waals surface area (Å²) in [6.07, 6.45) is -4.20. The van der Waals surface area contributed by atoms with Gasteiger partial charge in [0.05, 0.1) is 16.8 Å². The lowest BCUT2D eigenvalue weighted by Gasteiger charge is -2.27. The molecule has 0 unspecified atom stereocenters. The molecule has 0 radical (unpaired) electrons. The second kappa shape index (κ2) is 11.3. The first kappa shape index (κ1) is 30.8. The summed E-state index contributed by atoms with van der Waals surface area (Å²) in [5.41, 5.74) is -0.866. The lowest BCUT2D eigenvalue weighted by Crippen LogP contribution is -2.29. The summed E-state index contributed by atoms with van der Waals surface area (Å²) < 4.78 is 84.2. The fourth-order valence-corrected chi connectivity index (χ4v) is 5.70. The number of alkyl halides is 6. The zero-order valence-corrected chi connectivity index (χ0v) is 25.2. The SMILES string of the molecule is Cc1nn(C)c2nc(NC(C3CC3)C3CC3)c(CN(Cc3cc(C(F)(F)F)cc(C(F)(F)F)c3)c3ncnc(N(C)C)n3)cc12. The maximum absolute atomic E-state index is 13.7. The predicted molar refractivity (Wildman–Crippen MR) is 157 cm³/mol. The molecule has 0 spiro atoms. The van der Waals surface area contributed by atoms with Gasteiger partial charge in [0.15, 0.2) is 5.65 Å². The van der Waals surface area contributed by atoms with Crippen molar-refractivity contribution in [3.8, 4) is 0 Å². The quantitative estimate of drug-likeness (QED) is 0.202. The molecular formula is C30H33F6N9. The molecule has 9 nitrogen and oxygen atoms in total. The Hall–Kier alpha value is -4.17. The van der Waals surface area contributed by atoms with Crippen molar-refractivity contribution in [2.45, 2.75) is 64.1 Å². The van der Waals surface area contributed by atoms with E-state index in [1.54, 1.807) is 35.6 Å². The van der Waals surface area contributed by atoms with Crippen molar-refractivity contribution in [1.29, 1.82) is 0 Å². The fraction of sp³-hybridized carbons (Fsp3) is 0.500. The summed E-state index contributed by atoms with van der Waals surface area (Å²) in [4.78, 5) is 21.0. The van der Waals surface area contributed by atoms with Gasteiger partial charge in [0, 0.05) is 51.2 Å². The number of hydrogen-bond donors (Lipinski definition) is 1. The first-order valence-electron chi connectivity index (χ1n) is 14.7. The van der Waals surface area contributed by atoms with E-state index in [9.17, 15) is 26.3 Å². The molecule has 2 fully saturated rings. The van der Waals surface area contributed by atoms with Crippen LogP contribution in [0.2, 0.25) is 0 Å². The van der Waals surface area contributed by atoms with Crippen LogP contribution in [-0.2, 0) is 32.5 Å². The largest absolute Gasteiger partial charge is 0.416 e. The normalized spacial score (nSPS) is 15.6. The van der Waals surface area contributed by atoms with Crippen LogP contribution in [0.3, 0.4) is 0 Å². The summed E-state index contributed by atoms with van der Waals surface area (Å²) in [5.74, 6) is 2.03. The van der Waals surface area contributed by atoms with Crippen molar-refractivity contribution in [3.63, 3.8) is 0 Å². The molecule has 6 rings (SSSR count). The molecule has 240 valence electrons. The van der Waals surface area contributed by atoms with Crippen LogP contribution in [0.4, 0.5) is 44.1 Å². The van der Waals surface area contributed by atoms with Gasteiger partial charge >= 0.3 is 12.4 Å². The Balaban J connectivity index is 1.45. The number of aryl methyl sites for hydroxylation is 2. The number of nitrogens with zero attached hydrogens (tertiary/aromatic N) is 8. The van der Waals surface area contributed by atoms with E-state index in [2.05, 4.69) is 25.4 Å². The number of halogens is 6. The van der Waals surface area contributed by atoms with Gasteiger partial charge in [-0.05, 0) is 74.3 Å². The molecule has 2 aliphatic carbocycles. The Morgan fingerprint density at radius 1 is 0.867 bits per heavy atom. The minimum atomic E-state index is -4.98. The zero-order chi connectivity index (χ0) is 32.3. The first-order chi connectivity index (χ1) is 21.2. The Labute approximate surface area is 255 Å². The van der Waals surface area contributed by atoms with Crippen LogP contribution in [0.5, 0.6) is 0 Å². The summed E-state index contributed by atoms with van der Waals surface area (Å²) >= 11 is 0. The molecule has 0 saturated heterocycles. The summed E-state index contributed by atoms with van der Waals surface area (Å²) in [5, 5.41) is 8.97. The van der Waals surface area contributed by atoms with E-state index >= 15 is 0 Å². The molecule has 45 heavy (non-hydrogen) atoms. The van der Waals surface area contributed by atoms with E-state index in [-0.39, 0.29) is 42.7 Å². The number of anilines is 3. The predicted octanol–water partition coefficient (Wildman–Crippen LogP) is 6.37. The second-order valence-corrected chi connectivity index (χ2v) is 12.2. The third-order valence-electron chi connectivity index (χ3n) is 8.25. The van der Waals surface area contributed by atoms with Crippen LogP contribution >= 0.6 is 0 Å². The molecule has 2 aliphatic rings. The third-order valence-corrected chi connectivity index (χ3v) is 8.25. The molecule has 3 heterocycles. The van der Waals surface area contributed by atoms with E-state index in [0.29, 0.717) is 28.9 Å². The molecule has 1 N–H and O–H groups in total. The molecule has 0 bridgehead atoms. The van der Waals surface area contributed by atoms with Crippen molar-refractivity contribution < 1.29 is 26.3 Å². The van der Waals surface area contributed by atoms with E-state index in [1.165, 1.54) is 6.33 Å².